The minimum Gasteiger partial charge on any atom is -0.269 e. The molecule has 66 valence electrons. The normalized spacial score (nSPS) is 35.2. The highest BCUT2D eigenvalue weighted by molar-refractivity contribution is 4.75. The van der Waals surface area contributed by atoms with E-state index in [1.165, 1.54) is 25.7 Å². The highest BCUT2D eigenvalue weighted by atomic mass is 15.4. The summed E-state index contributed by atoms with van der Waals surface area (Å²) in [5, 5.41) is 2.04. The highest BCUT2D eigenvalue weighted by Crippen LogP contribution is 2.22. The summed E-state index contributed by atoms with van der Waals surface area (Å²) in [6.07, 6.45) is 5.17. The summed E-state index contributed by atoms with van der Waals surface area (Å²) in [4.78, 5) is 0. The predicted molar refractivity (Wildman–Crippen MR) is 48.0 cm³/mol. The molecule has 0 aliphatic carbocycles. The molecule has 1 aliphatic rings. The van der Waals surface area contributed by atoms with Crippen LogP contribution >= 0.6 is 0 Å². The van der Waals surface area contributed by atoms with Crippen molar-refractivity contribution in [2.75, 3.05) is 6.54 Å². The Labute approximate surface area is 69.7 Å². The van der Waals surface area contributed by atoms with Gasteiger partial charge in [-0.3, -0.25) is 5.84 Å². The van der Waals surface area contributed by atoms with Crippen molar-refractivity contribution in [2.24, 2.45) is 11.8 Å². The average Bonchev–Trinajstić information content (AvgIpc) is 2.12. The summed E-state index contributed by atoms with van der Waals surface area (Å²) in [5.74, 6) is 6.70. The Balaban J connectivity index is 2.51. The third kappa shape index (κ3) is 2.17. The van der Waals surface area contributed by atoms with E-state index in [4.69, 9.17) is 5.84 Å². The van der Waals surface area contributed by atoms with Crippen molar-refractivity contribution < 1.29 is 0 Å². The van der Waals surface area contributed by atoms with Crippen molar-refractivity contribution in [3.05, 3.63) is 0 Å². The van der Waals surface area contributed by atoms with Gasteiger partial charge in [0, 0.05) is 12.6 Å². The molecule has 0 aromatic heterocycles. The Morgan fingerprint density at radius 2 is 2.18 bits per heavy atom. The Morgan fingerprint density at radius 1 is 1.45 bits per heavy atom. The van der Waals surface area contributed by atoms with Gasteiger partial charge < -0.3 is 0 Å². The van der Waals surface area contributed by atoms with Crippen LogP contribution in [0.25, 0.3) is 0 Å². The standard InChI is InChI=1S/C9H20N2/c1-3-9-8(2)6-4-5-7-11(9)10/h8-9H,3-7,10H2,1-2H3. The van der Waals surface area contributed by atoms with Crippen LogP contribution in [0.2, 0.25) is 0 Å². The molecule has 0 spiro atoms. The number of rotatable bonds is 1. The van der Waals surface area contributed by atoms with Gasteiger partial charge in [-0.05, 0) is 25.2 Å². The molecule has 0 aromatic carbocycles. The minimum atomic E-state index is 0.623. The maximum Gasteiger partial charge on any atom is 0.0264 e. The minimum absolute atomic E-state index is 0.623. The zero-order valence-electron chi connectivity index (χ0n) is 7.71. The van der Waals surface area contributed by atoms with Gasteiger partial charge in [0.05, 0.1) is 0 Å². The summed E-state index contributed by atoms with van der Waals surface area (Å²) >= 11 is 0. The molecule has 0 saturated carbocycles. The monoisotopic (exact) mass is 156 g/mol. The number of hydrogen-bond acceptors (Lipinski definition) is 2. The average molecular weight is 156 g/mol. The van der Waals surface area contributed by atoms with Crippen molar-refractivity contribution in [1.82, 2.24) is 5.01 Å². The van der Waals surface area contributed by atoms with Gasteiger partial charge in [0.1, 0.15) is 0 Å². The van der Waals surface area contributed by atoms with Crippen LogP contribution < -0.4 is 5.84 Å². The number of nitrogens with zero attached hydrogens (tertiary/aromatic N) is 1. The first-order valence-corrected chi connectivity index (χ1v) is 4.77. The maximum absolute atomic E-state index is 5.91. The molecule has 11 heavy (non-hydrogen) atoms. The lowest BCUT2D eigenvalue weighted by molar-refractivity contribution is 0.160. The van der Waals surface area contributed by atoms with Crippen LogP contribution in [0.15, 0.2) is 0 Å². The molecule has 1 heterocycles. The van der Waals surface area contributed by atoms with E-state index in [2.05, 4.69) is 13.8 Å². The SMILES string of the molecule is CCC1C(C)CCCCN1N. The molecule has 1 rings (SSSR count). The van der Waals surface area contributed by atoms with Crippen LogP contribution in [-0.4, -0.2) is 17.6 Å². The number of hydrazine groups is 1. The van der Waals surface area contributed by atoms with Gasteiger partial charge >= 0.3 is 0 Å². The second kappa shape index (κ2) is 4.07. The number of hydrogen-bond donors (Lipinski definition) is 1. The zero-order valence-corrected chi connectivity index (χ0v) is 7.71. The number of nitrogens with two attached hydrogens (primary N) is 1. The van der Waals surface area contributed by atoms with Crippen LogP contribution in [0.1, 0.15) is 39.5 Å². The molecule has 0 radical (unpaired) electrons. The molecule has 1 aliphatic heterocycles. The summed E-state index contributed by atoms with van der Waals surface area (Å²) in [7, 11) is 0. The van der Waals surface area contributed by atoms with E-state index in [0.29, 0.717) is 6.04 Å². The lowest BCUT2D eigenvalue weighted by atomic mass is 9.96. The first-order valence-electron chi connectivity index (χ1n) is 4.77. The van der Waals surface area contributed by atoms with Crippen molar-refractivity contribution >= 4 is 0 Å². The molecule has 2 atom stereocenters. The lowest BCUT2D eigenvalue weighted by Crippen LogP contribution is -2.43. The van der Waals surface area contributed by atoms with Crippen LogP contribution in [-0.2, 0) is 0 Å². The first kappa shape index (κ1) is 9.01. The Kier molecular flexibility index (Phi) is 3.34. The molecule has 2 heteroatoms. The Bertz CT molecular complexity index is 102. The predicted octanol–water partition coefficient (Wildman–Crippen LogP) is 1.76. The zero-order chi connectivity index (χ0) is 8.27. The van der Waals surface area contributed by atoms with Gasteiger partial charge in [-0.2, -0.15) is 0 Å². The van der Waals surface area contributed by atoms with E-state index in [1.807, 2.05) is 5.01 Å². The molecule has 2 unspecified atom stereocenters. The van der Waals surface area contributed by atoms with E-state index in [-0.39, 0.29) is 0 Å². The Hall–Kier alpha value is -0.0800. The van der Waals surface area contributed by atoms with E-state index < -0.39 is 0 Å². The van der Waals surface area contributed by atoms with Gasteiger partial charge in [-0.25, -0.2) is 5.01 Å². The second-order valence-corrected chi connectivity index (χ2v) is 3.69. The fourth-order valence-electron chi connectivity index (χ4n) is 2.08. The van der Waals surface area contributed by atoms with Gasteiger partial charge in [0.2, 0.25) is 0 Å². The van der Waals surface area contributed by atoms with Crippen LogP contribution in [0, 0.1) is 5.92 Å². The van der Waals surface area contributed by atoms with E-state index in [0.717, 1.165) is 12.5 Å². The molecule has 1 saturated heterocycles. The van der Waals surface area contributed by atoms with Gasteiger partial charge in [-0.15, -0.1) is 0 Å². The molecule has 1 fully saturated rings. The first-order chi connectivity index (χ1) is 5.25. The third-order valence-corrected chi connectivity index (χ3v) is 2.83. The fourth-order valence-corrected chi connectivity index (χ4v) is 2.08. The highest BCUT2D eigenvalue weighted by Gasteiger charge is 2.22. The molecule has 0 aromatic rings. The lowest BCUT2D eigenvalue weighted by Gasteiger charge is -2.28. The van der Waals surface area contributed by atoms with Crippen LogP contribution in [0.3, 0.4) is 0 Å². The molecule has 0 amide bonds. The van der Waals surface area contributed by atoms with Crippen LogP contribution in [0.5, 0.6) is 0 Å². The van der Waals surface area contributed by atoms with Crippen molar-refractivity contribution in [3.63, 3.8) is 0 Å². The molecule has 0 bridgehead atoms. The quantitative estimate of drug-likeness (QED) is 0.586. The van der Waals surface area contributed by atoms with Gasteiger partial charge in [-0.1, -0.05) is 20.3 Å². The summed E-state index contributed by atoms with van der Waals surface area (Å²) in [6, 6.07) is 0.623. The molecule has 2 nitrogen and oxygen atoms in total. The van der Waals surface area contributed by atoms with Crippen LogP contribution in [0.4, 0.5) is 0 Å². The van der Waals surface area contributed by atoms with Gasteiger partial charge in [0.25, 0.3) is 0 Å². The molecule has 2 N–H and O–H groups in total. The smallest absolute Gasteiger partial charge is 0.0264 e. The fraction of sp³-hybridized carbons (Fsp3) is 1.00. The van der Waals surface area contributed by atoms with Gasteiger partial charge in [0.15, 0.2) is 0 Å². The summed E-state index contributed by atoms with van der Waals surface area (Å²) in [6.45, 7) is 5.63. The summed E-state index contributed by atoms with van der Waals surface area (Å²) in [5.41, 5.74) is 0. The topological polar surface area (TPSA) is 29.3 Å². The molecular formula is C9H20N2. The van der Waals surface area contributed by atoms with Crippen molar-refractivity contribution in [2.45, 2.75) is 45.6 Å². The largest absolute Gasteiger partial charge is 0.269 e. The van der Waals surface area contributed by atoms with E-state index in [1.54, 1.807) is 0 Å². The second-order valence-electron chi connectivity index (χ2n) is 3.69. The third-order valence-electron chi connectivity index (χ3n) is 2.83. The maximum atomic E-state index is 5.91. The van der Waals surface area contributed by atoms with Crippen molar-refractivity contribution in [1.29, 1.82) is 0 Å². The van der Waals surface area contributed by atoms with E-state index in [9.17, 15) is 0 Å². The molecular weight excluding hydrogens is 136 g/mol. The van der Waals surface area contributed by atoms with E-state index >= 15 is 0 Å². The van der Waals surface area contributed by atoms with Crippen molar-refractivity contribution in [3.8, 4) is 0 Å². The summed E-state index contributed by atoms with van der Waals surface area (Å²) < 4.78 is 0. The Morgan fingerprint density at radius 3 is 2.82 bits per heavy atom.